The first-order valence-corrected chi connectivity index (χ1v) is 7.26. The van der Waals surface area contributed by atoms with Crippen LogP contribution in [-0.2, 0) is 6.42 Å². The minimum absolute atomic E-state index is 0.0695. The zero-order valence-corrected chi connectivity index (χ0v) is 12.4. The van der Waals surface area contributed by atoms with Crippen molar-refractivity contribution in [2.75, 3.05) is 5.32 Å². The van der Waals surface area contributed by atoms with Gasteiger partial charge in [-0.25, -0.2) is 8.78 Å². The molecule has 5 heteroatoms. The Bertz CT molecular complexity index is 761. The van der Waals surface area contributed by atoms with E-state index in [4.69, 9.17) is 11.6 Å². The van der Waals surface area contributed by atoms with E-state index < -0.39 is 5.82 Å². The lowest BCUT2D eigenvalue weighted by Gasteiger charge is -2.12. The number of benzene rings is 2. The van der Waals surface area contributed by atoms with Gasteiger partial charge in [-0.3, -0.25) is 4.79 Å². The van der Waals surface area contributed by atoms with Crippen molar-refractivity contribution < 1.29 is 13.6 Å². The molecule has 0 spiro atoms. The zero-order valence-electron chi connectivity index (χ0n) is 11.6. The van der Waals surface area contributed by atoms with Crippen LogP contribution in [0.2, 0.25) is 5.02 Å². The van der Waals surface area contributed by atoms with Crippen LogP contribution in [0, 0.1) is 18.6 Å². The maximum Gasteiger partial charge on any atom is 0.255 e. The van der Waals surface area contributed by atoms with Gasteiger partial charge in [0.2, 0.25) is 0 Å². The Morgan fingerprint density at radius 1 is 1.23 bits per heavy atom. The van der Waals surface area contributed by atoms with Gasteiger partial charge in [-0.05, 0) is 67.1 Å². The molecular formula is C17H13ClF2NO. The van der Waals surface area contributed by atoms with Crippen LogP contribution in [0.3, 0.4) is 0 Å². The summed E-state index contributed by atoms with van der Waals surface area (Å²) < 4.78 is 27.0. The Kier molecular flexibility index (Phi) is 3.87. The highest BCUT2D eigenvalue weighted by Crippen LogP contribution is 2.36. The fourth-order valence-electron chi connectivity index (χ4n) is 2.79. The van der Waals surface area contributed by atoms with Crippen molar-refractivity contribution in [1.29, 1.82) is 0 Å². The molecule has 1 amide bonds. The molecule has 0 unspecified atom stereocenters. The zero-order chi connectivity index (χ0) is 15.9. The SMILES string of the molecule is [CH2][C@H]1CCc2c(C(=O)Nc3ccc(F)c(Cl)c3)ccc(F)c21. The topological polar surface area (TPSA) is 29.1 Å². The Hall–Kier alpha value is -1.94. The minimum Gasteiger partial charge on any atom is -0.322 e. The van der Waals surface area contributed by atoms with Crippen molar-refractivity contribution in [3.63, 3.8) is 0 Å². The van der Waals surface area contributed by atoms with E-state index >= 15 is 0 Å². The third-order valence-corrected chi connectivity index (χ3v) is 4.17. The third-order valence-electron chi connectivity index (χ3n) is 3.88. The van der Waals surface area contributed by atoms with Crippen LogP contribution in [0.25, 0.3) is 0 Å². The number of nitrogens with one attached hydrogen (secondary N) is 1. The summed E-state index contributed by atoms with van der Waals surface area (Å²) in [4.78, 5) is 12.4. The van der Waals surface area contributed by atoms with Crippen LogP contribution < -0.4 is 5.32 Å². The van der Waals surface area contributed by atoms with Crippen molar-refractivity contribution >= 4 is 23.2 Å². The van der Waals surface area contributed by atoms with Crippen molar-refractivity contribution in [2.45, 2.75) is 18.8 Å². The first-order chi connectivity index (χ1) is 10.5. The molecule has 2 aromatic carbocycles. The maximum absolute atomic E-state index is 13.9. The summed E-state index contributed by atoms with van der Waals surface area (Å²) in [6, 6.07) is 6.69. The number of rotatable bonds is 2. The second-order valence-electron chi connectivity index (χ2n) is 5.31. The number of hydrogen-bond acceptors (Lipinski definition) is 1. The van der Waals surface area contributed by atoms with Crippen LogP contribution in [0.1, 0.15) is 33.8 Å². The number of anilines is 1. The van der Waals surface area contributed by atoms with E-state index in [1.165, 1.54) is 30.3 Å². The van der Waals surface area contributed by atoms with Crippen molar-refractivity contribution in [2.24, 2.45) is 0 Å². The van der Waals surface area contributed by atoms with Gasteiger partial charge in [-0.15, -0.1) is 0 Å². The molecule has 0 aliphatic heterocycles. The number of carbonyl (C=O) groups excluding carboxylic acids is 1. The second kappa shape index (κ2) is 5.69. The van der Waals surface area contributed by atoms with Gasteiger partial charge in [-0.2, -0.15) is 0 Å². The van der Waals surface area contributed by atoms with Crippen LogP contribution in [0.5, 0.6) is 0 Å². The molecule has 0 bridgehead atoms. The predicted octanol–water partition coefficient (Wildman–Crippen LogP) is 4.73. The molecule has 3 rings (SSSR count). The first-order valence-electron chi connectivity index (χ1n) is 6.88. The van der Waals surface area contributed by atoms with Gasteiger partial charge in [0.25, 0.3) is 5.91 Å². The summed E-state index contributed by atoms with van der Waals surface area (Å²) in [7, 11) is 0. The van der Waals surface area contributed by atoms with Crippen LogP contribution >= 0.6 is 11.6 Å². The van der Waals surface area contributed by atoms with E-state index in [0.29, 0.717) is 28.8 Å². The van der Waals surface area contributed by atoms with Gasteiger partial charge in [0.15, 0.2) is 0 Å². The normalized spacial score (nSPS) is 16.5. The monoisotopic (exact) mass is 320 g/mol. The van der Waals surface area contributed by atoms with Crippen LogP contribution in [-0.4, -0.2) is 5.91 Å². The van der Waals surface area contributed by atoms with Crippen LogP contribution in [0.15, 0.2) is 30.3 Å². The van der Waals surface area contributed by atoms with Crippen molar-refractivity contribution in [3.05, 3.63) is 70.6 Å². The molecule has 0 fully saturated rings. The molecular weight excluding hydrogens is 308 g/mol. The molecule has 113 valence electrons. The summed E-state index contributed by atoms with van der Waals surface area (Å²) in [5.41, 5.74) is 2.03. The molecule has 0 aromatic heterocycles. The number of hydrogen-bond donors (Lipinski definition) is 1. The van der Waals surface area contributed by atoms with E-state index in [1.807, 2.05) is 0 Å². The fraction of sp³-hybridized carbons (Fsp3) is 0.176. The standard InChI is InChI=1S/C17H13ClF2NO/c1-9-2-4-11-12(5-7-15(20)16(9)11)17(22)21-10-3-6-14(19)13(18)8-10/h3,5-9H,1-2,4H2,(H,21,22)/t9-/m0/s1. The summed E-state index contributed by atoms with van der Waals surface area (Å²) >= 11 is 5.69. The number of fused-ring (bicyclic) bond motifs is 1. The van der Waals surface area contributed by atoms with E-state index in [2.05, 4.69) is 12.2 Å². The third kappa shape index (κ3) is 2.59. The van der Waals surface area contributed by atoms with E-state index in [1.54, 1.807) is 0 Å². The minimum atomic E-state index is -0.553. The lowest BCUT2D eigenvalue weighted by molar-refractivity contribution is 0.102. The van der Waals surface area contributed by atoms with Crippen LogP contribution in [0.4, 0.5) is 14.5 Å². The fourth-order valence-corrected chi connectivity index (χ4v) is 2.98. The van der Waals surface area contributed by atoms with Gasteiger partial charge < -0.3 is 5.32 Å². The highest BCUT2D eigenvalue weighted by atomic mass is 35.5. The Morgan fingerprint density at radius 2 is 1.95 bits per heavy atom. The molecule has 1 aliphatic rings. The molecule has 0 heterocycles. The van der Waals surface area contributed by atoms with Gasteiger partial charge in [0.05, 0.1) is 5.02 Å². The average molecular weight is 321 g/mol. The summed E-state index contributed by atoms with van der Waals surface area (Å²) in [5.74, 6) is -1.38. The smallest absolute Gasteiger partial charge is 0.255 e. The Morgan fingerprint density at radius 3 is 2.68 bits per heavy atom. The molecule has 1 aliphatic carbocycles. The largest absolute Gasteiger partial charge is 0.322 e. The Balaban J connectivity index is 1.92. The summed E-state index contributed by atoms with van der Waals surface area (Å²) in [6.45, 7) is 3.91. The highest BCUT2D eigenvalue weighted by molar-refractivity contribution is 6.31. The van der Waals surface area contributed by atoms with E-state index in [0.717, 1.165) is 6.42 Å². The maximum atomic E-state index is 13.9. The van der Waals surface area contributed by atoms with E-state index in [-0.39, 0.29) is 22.7 Å². The van der Waals surface area contributed by atoms with Crippen molar-refractivity contribution in [3.8, 4) is 0 Å². The first kappa shape index (κ1) is 15.0. The highest BCUT2D eigenvalue weighted by Gasteiger charge is 2.27. The molecule has 1 N–H and O–H groups in total. The number of halogens is 3. The molecule has 0 saturated heterocycles. The summed E-state index contributed by atoms with van der Waals surface area (Å²) in [6.07, 6.45) is 1.34. The van der Waals surface area contributed by atoms with Gasteiger partial charge in [0, 0.05) is 11.3 Å². The molecule has 1 atom stereocenters. The van der Waals surface area contributed by atoms with Gasteiger partial charge in [-0.1, -0.05) is 11.6 Å². The average Bonchev–Trinajstić information content (AvgIpc) is 2.86. The molecule has 2 nitrogen and oxygen atoms in total. The molecule has 22 heavy (non-hydrogen) atoms. The predicted molar refractivity (Wildman–Crippen MR) is 82.2 cm³/mol. The molecule has 2 aromatic rings. The van der Waals surface area contributed by atoms with E-state index in [9.17, 15) is 13.6 Å². The van der Waals surface area contributed by atoms with Gasteiger partial charge in [0.1, 0.15) is 11.6 Å². The number of amides is 1. The van der Waals surface area contributed by atoms with Crippen molar-refractivity contribution in [1.82, 2.24) is 0 Å². The number of carbonyl (C=O) groups is 1. The summed E-state index contributed by atoms with van der Waals surface area (Å²) in [5, 5.41) is 2.59. The second-order valence-corrected chi connectivity index (χ2v) is 5.71. The lowest BCUT2D eigenvalue weighted by Crippen LogP contribution is -2.15. The van der Waals surface area contributed by atoms with Gasteiger partial charge >= 0.3 is 0 Å². The Labute approximate surface area is 132 Å². The lowest BCUT2D eigenvalue weighted by atomic mass is 9.98. The molecule has 1 radical (unpaired) electrons. The quantitative estimate of drug-likeness (QED) is 0.851. The molecule has 0 saturated carbocycles.